The maximum absolute atomic E-state index is 13.1. The Morgan fingerprint density at radius 3 is 2.58 bits per heavy atom. The van der Waals surface area contributed by atoms with E-state index in [1.54, 1.807) is 24.4 Å². The molecular formula is C23H24BrCl2N3O2. The minimum absolute atomic E-state index is 0.00258. The van der Waals surface area contributed by atoms with Gasteiger partial charge >= 0.3 is 0 Å². The molecule has 0 saturated heterocycles. The lowest BCUT2D eigenvalue weighted by atomic mass is 10.2. The van der Waals surface area contributed by atoms with Gasteiger partial charge < -0.3 is 4.74 Å². The number of aromatic nitrogens is 2. The Morgan fingerprint density at radius 2 is 1.94 bits per heavy atom. The molecule has 0 aliphatic carbocycles. The maximum atomic E-state index is 13.1. The van der Waals surface area contributed by atoms with E-state index in [9.17, 15) is 4.79 Å². The quantitative estimate of drug-likeness (QED) is 0.302. The monoisotopic (exact) mass is 523 g/mol. The fourth-order valence-electron chi connectivity index (χ4n) is 2.99. The first kappa shape index (κ1) is 23.8. The number of rotatable bonds is 8. The van der Waals surface area contributed by atoms with Gasteiger partial charge in [0.05, 0.1) is 33.3 Å². The molecule has 0 unspecified atom stereocenters. The van der Waals surface area contributed by atoms with Crippen LogP contribution in [0.2, 0.25) is 10.0 Å². The Morgan fingerprint density at radius 1 is 1.23 bits per heavy atom. The van der Waals surface area contributed by atoms with E-state index in [-0.39, 0.29) is 11.7 Å². The predicted octanol–water partition coefficient (Wildman–Crippen LogP) is 6.87. The zero-order valence-electron chi connectivity index (χ0n) is 17.7. The smallest absolute Gasteiger partial charge is 0.282 e. The zero-order chi connectivity index (χ0) is 22.5. The first-order valence-electron chi connectivity index (χ1n) is 10.2. The molecule has 1 heterocycles. The second kappa shape index (κ2) is 10.6. The molecule has 0 radical (unpaired) electrons. The summed E-state index contributed by atoms with van der Waals surface area (Å²) in [5, 5.41) is 5.73. The maximum Gasteiger partial charge on any atom is 0.282 e. The van der Waals surface area contributed by atoms with Crippen LogP contribution in [-0.2, 0) is 6.42 Å². The molecule has 1 atom stereocenters. The van der Waals surface area contributed by atoms with E-state index in [1.807, 2.05) is 26.0 Å². The van der Waals surface area contributed by atoms with Gasteiger partial charge in [0, 0.05) is 10.9 Å². The number of aryl methyl sites for hydroxylation is 1. The lowest BCUT2D eigenvalue weighted by molar-refractivity contribution is 0.218. The van der Waals surface area contributed by atoms with Crippen molar-refractivity contribution in [3.8, 4) is 5.75 Å². The SMILES string of the molecule is CCCCc1nc2ccc(Br)cc2c(=O)n1N=Cc1cc(Cl)c(O[C@H](C)CC)c(Cl)c1. The van der Waals surface area contributed by atoms with Crippen LogP contribution in [-0.4, -0.2) is 22.0 Å². The molecule has 0 spiro atoms. The highest BCUT2D eigenvalue weighted by Crippen LogP contribution is 2.34. The first-order valence-corrected chi connectivity index (χ1v) is 11.8. The Kier molecular flexibility index (Phi) is 8.14. The average molecular weight is 525 g/mol. The minimum atomic E-state index is -0.220. The molecule has 1 aromatic heterocycles. The molecule has 3 aromatic rings. The van der Waals surface area contributed by atoms with Gasteiger partial charge in [-0.1, -0.05) is 59.4 Å². The van der Waals surface area contributed by atoms with Gasteiger partial charge in [-0.2, -0.15) is 9.78 Å². The molecule has 0 saturated carbocycles. The van der Waals surface area contributed by atoms with Crippen molar-refractivity contribution in [1.29, 1.82) is 0 Å². The largest absolute Gasteiger partial charge is 0.488 e. The Balaban J connectivity index is 2.03. The minimum Gasteiger partial charge on any atom is -0.488 e. The van der Waals surface area contributed by atoms with Crippen LogP contribution in [0.3, 0.4) is 0 Å². The van der Waals surface area contributed by atoms with Gasteiger partial charge in [-0.05, 0) is 55.7 Å². The lowest BCUT2D eigenvalue weighted by Crippen LogP contribution is -2.22. The summed E-state index contributed by atoms with van der Waals surface area (Å²) in [5.74, 6) is 1.07. The molecule has 3 rings (SSSR count). The average Bonchev–Trinajstić information content (AvgIpc) is 2.74. The molecular weight excluding hydrogens is 501 g/mol. The summed E-state index contributed by atoms with van der Waals surface area (Å²) < 4.78 is 7.97. The van der Waals surface area contributed by atoms with Crippen LogP contribution < -0.4 is 10.3 Å². The molecule has 0 bridgehead atoms. The van der Waals surface area contributed by atoms with E-state index in [1.165, 1.54) is 4.68 Å². The van der Waals surface area contributed by atoms with Crippen molar-refractivity contribution in [3.05, 3.63) is 66.6 Å². The summed E-state index contributed by atoms with van der Waals surface area (Å²) in [6.07, 6.45) is 4.94. The van der Waals surface area contributed by atoms with Crippen molar-refractivity contribution >= 4 is 56.2 Å². The van der Waals surface area contributed by atoms with E-state index >= 15 is 0 Å². The van der Waals surface area contributed by atoms with Gasteiger partial charge in [-0.3, -0.25) is 4.79 Å². The highest BCUT2D eigenvalue weighted by Gasteiger charge is 2.13. The third kappa shape index (κ3) is 5.68. The van der Waals surface area contributed by atoms with Gasteiger partial charge in [0.1, 0.15) is 5.82 Å². The standard InChI is InChI=1S/C23H24BrCl2N3O2/c1-4-6-7-21-28-20-9-8-16(24)12-17(20)23(30)29(21)27-13-15-10-18(25)22(19(26)11-15)31-14(3)5-2/h8-14H,4-7H2,1-3H3/t14-/m1/s1. The van der Waals surface area contributed by atoms with Crippen molar-refractivity contribution in [2.45, 2.75) is 52.6 Å². The van der Waals surface area contributed by atoms with Crippen molar-refractivity contribution in [2.75, 3.05) is 0 Å². The molecule has 0 N–H and O–H groups in total. The van der Waals surface area contributed by atoms with E-state index in [2.05, 4.69) is 32.9 Å². The highest BCUT2D eigenvalue weighted by molar-refractivity contribution is 9.10. The number of halogens is 3. The van der Waals surface area contributed by atoms with Gasteiger partial charge in [-0.15, -0.1) is 0 Å². The van der Waals surface area contributed by atoms with Crippen LogP contribution in [0.15, 0.2) is 44.7 Å². The number of hydrogen-bond acceptors (Lipinski definition) is 4. The van der Waals surface area contributed by atoms with Crippen molar-refractivity contribution < 1.29 is 4.74 Å². The summed E-state index contributed by atoms with van der Waals surface area (Å²) in [7, 11) is 0. The number of fused-ring (bicyclic) bond motifs is 1. The summed E-state index contributed by atoms with van der Waals surface area (Å²) in [6, 6.07) is 8.90. The third-order valence-electron chi connectivity index (χ3n) is 4.87. The Labute approximate surface area is 200 Å². The highest BCUT2D eigenvalue weighted by atomic mass is 79.9. The number of ether oxygens (including phenoxy) is 1. The summed E-state index contributed by atoms with van der Waals surface area (Å²) in [4.78, 5) is 17.8. The number of nitrogens with zero attached hydrogens (tertiary/aromatic N) is 3. The Hall–Kier alpha value is -1.89. The molecule has 2 aromatic carbocycles. The summed E-state index contributed by atoms with van der Waals surface area (Å²) >= 11 is 16.2. The van der Waals surface area contributed by atoms with E-state index < -0.39 is 0 Å². The van der Waals surface area contributed by atoms with Crippen LogP contribution in [0, 0.1) is 0 Å². The normalized spacial score (nSPS) is 12.6. The van der Waals surface area contributed by atoms with Crippen LogP contribution in [0.25, 0.3) is 10.9 Å². The topological polar surface area (TPSA) is 56.5 Å². The second-order valence-electron chi connectivity index (χ2n) is 7.30. The van der Waals surface area contributed by atoms with Crippen molar-refractivity contribution in [1.82, 2.24) is 9.66 Å². The van der Waals surface area contributed by atoms with E-state index in [4.69, 9.17) is 27.9 Å². The fourth-order valence-corrected chi connectivity index (χ4v) is 3.94. The third-order valence-corrected chi connectivity index (χ3v) is 5.92. The molecule has 8 heteroatoms. The van der Waals surface area contributed by atoms with Crippen LogP contribution in [0.4, 0.5) is 0 Å². The van der Waals surface area contributed by atoms with Crippen molar-refractivity contribution in [2.24, 2.45) is 5.10 Å². The van der Waals surface area contributed by atoms with Crippen LogP contribution >= 0.6 is 39.1 Å². The number of hydrogen-bond donors (Lipinski definition) is 0. The molecule has 0 aliphatic rings. The molecule has 0 aliphatic heterocycles. The van der Waals surface area contributed by atoms with E-state index in [0.29, 0.717) is 44.5 Å². The van der Waals surface area contributed by atoms with Crippen LogP contribution in [0.5, 0.6) is 5.75 Å². The molecule has 5 nitrogen and oxygen atoms in total. The van der Waals surface area contributed by atoms with Gasteiger partial charge in [0.25, 0.3) is 5.56 Å². The first-order chi connectivity index (χ1) is 14.8. The lowest BCUT2D eigenvalue weighted by Gasteiger charge is -2.15. The molecule has 0 amide bonds. The fraction of sp³-hybridized carbons (Fsp3) is 0.348. The van der Waals surface area contributed by atoms with Gasteiger partial charge in [0.15, 0.2) is 5.75 Å². The second-order valence-corrected chi connectivity index (χ2v) is 9.04. The molecule has 31 heavy (non-hydrogen) atoms. The van der Waals surface area contributed by atoms with Crippen molar-refractivity contribution in [3.63, 3.8) is 0 Å². The molecule has 164 valence electrons. The Bertz CT molecular complexity index is 1150. The van der Waals surface area contributed by atoms with Gasteiger partial charge in [0.2, 0.25) is 0 Å². The summed E-state index contributed by atoms with van der Waals surface area (Å²) in [6.45, 7) is 6.08. The van der Waals surface area contributed by atoms with E-state index in [0.717, 1.165) is 23.7 Å². The number of unbranched alkanes of at least 4 members (excludes halogenated alkanes) is 1. The number of benzene rings is 2. The van der Waals surface area contributed by atoms with Gasteiger partial charge in [-0.25, -0.2) is 4.98 Å². The van der Waals surface area contributed by atoms with Crippen LogP contribution in [0.1, 0.15) is 51.4 Å². The molecule has 0 fully saturated rings. The predicted molar refractivity (Wildman–Crippen MR) is 132 cm³/mol. The summed E-state index contributed by atoms with van der Waals surface area (Å²) in [5.41, 5.74) is 1.10. The zero-order valence-corrected chi connectivity index (χ0v) is 20.8.